The summed E-state index contributed by atoms with van der Waals surface area (Å²) in [5.74, 6) is 0.0683. The van der Waals surface area contributed by atoms with Gasteiger partial charge in [0.2, 0.25) is 0 Å². The van der Waals surface area contributed by atoms with Crippen molar-refractivity contribution in [1.82, 2.24) is 19.6 Å². The normalized spacial score (nSPS) is 10.8. The molecule has 0 unspecified atom stereocenters. The number of benzene rings is 1. The number of hydrogen-bond donors (Lipinski definition) is 0. The van der Waals surface area contributed by atoms with Gasteiger partial charge in [-0.2, -0.15) is 10.2 Å². The molecule has 0 fully saturated rings. The number of rotatable bonds is 6. The maximum atomic E-state index is 11.5. The smallest absolute Gasteiger partial charge is 0.159 e. The molecule has 0 radical (unpaired) electrons. The lowest BCUT2D eigenvalue weighted by Gasteiger charge is -2.25. The van der Waals surface area contributed by atoms with Crippen molar-refractivity contribution in [2.24, 2.45) is 0 Å². The Labute approximate surface area is 141 Å². The first-order valence-corrected chi connectivity index (χ1v) is 7.87. The molecule has 0 aliphatic heterocycles. The second-order valence-electron chi connectivity index (χ2n) is 5.90. The molecular weight excluding hydrogens is 302 g/mol. The van der Waals surface area contributed by atoms with E-state index in [-0.39, 0.29) is 5.78 Å². The lowest BCUT2D eigenvalue weighted by atomic mass is 10.1. The van der Waals surface area contributed by atoms with Crippen LogP contribution in [0.3, 0.4) is 0 Å². The standard InChI is InChI=1S/C18H21N5O/c1-14-11-15(2)23(20-14)13-21(12-22-10-4-9-19-22)18-7-5-17(6-8-18)16(3)24/h4-11H,12-13H2,1-3H3. The van der Waals surface area contributed by atoms with Gasteiger partial charge in [0, 0.05) is 29.3 Å². The molecule has 0 aliphatic rings. The lowest BCUT2D eigenvalue weighted by molar-refractivity contribution is 0.101. The van der Waals surface area contributed by atoms with E-state index in [1.54, 1.807) is 13.1 Å². The van der Waals surface area contributed by atoms with Gasteiger partial charge in [-0.1, -0.05) is 0 Å². The van der Waals surface area contributed by atoms with Crippen LogP contribution < -0.4 is 4.90 Å². The fraction of sp³-hybridized carbons (Fsp3) is 0.278. The van der Waals surface area contributed by atoms with Crippen LogP contribution in [0, 0.1) is 13.8 Å². The van der Waals surface area contributed by atoms with Crippen molar-refractivity contribution in [2.45, 2.75) is 34.1 Å². The Morgan fingerprint density at radius 3 is 2.46 bits per heavy atom. The zero-order valence-corrected chi connectivity index (χ0v) is 14.2. The molecule has 2 aromatic heterocycles. The summed E-state index contributed by atoms with van der Waals surface area (Å²) in [4.78, 5) is 13.6. The Hall–Kier alpha value is -2.89. The molecule has 124 valence electrons. The van der Waals surface area contributed by atoms with Gasteiger partial charge in [0.1, 0.15) is 13.3 Å². The van der Waals surface area contributed by atoms with Gasteiger partial charge in [0.15, 0.2) is 5.78 Å². The molecule has 0 N–H and O–H groups in total. The molecule has 6 heteroatoms. The van der Waals surface area contributed by atoms with Crippen LogP contribution in [0.25, 0.3) is 0 Å². The lowest BCUT2D eigenvalue weighted by Crippen LogP contribution is -2.30. The summed E-state index contributed by atoms with van der Waals surface area (Å²) in [6, 6.07) is 11.6. The van der Waals surface area contributed by atoms with Gasteiger partial charge in [0.05, 0.1) is 5.69 Å². The van der Waals surface area contributed by atoms with Gasteiger partial charge in [-0.25, -0.2) is 4.68 Å². The van der Waals surface area contributed by atoms with Crippen LogP contribution in [-0.2, 0) is 13.3 Å². The minimum absolute atomic E-state index is 0.0683. The van der Waals surface area contributed by atoms with E-state index in [0.29, 0.717) is 18.9 Å². The molecule has 3 aromatic rings. The van der Waals surface area contributed by atoms with E-state index in [4.69, 9.17) is 0 Å². The molecule has 0 bridgehead atoms. The number of nitrogens with zero attached hydrogens (tertiary/aromatic N) is 5. The predicted molar refractivity (Wildman–Crippen MR) is 92.9 cm³/mol. The highest BCUT2D eigenvalue weighted by molar-refractivity contribution is 5.94. The minimum Gasteiger partial charge on any atom is -0.332 e. The second-order valence-corrected chi connectivity index (χ2v) is 5.90. The average molecular weight is 323 g/mol. The van der Waals surface area contributed by atoms with Crippen molar-refractivity contribution in [2.75, 3.05) is 4.90 Å². The third-order valence-electron chi connectivity index (χ3n) is 3.92. The van der Waals surface area contributed by atoms with Crippen LogP contribution in [0.15, 0.2) is 48.8 Å². The monoisotopic (exact) mass is 323 g/mol. The van der Waals surface area contributed by atoms with E-state index >= 15 is 0 Å². The Kier molecular flexibility index (Phi) is 4.46. The minimum atomic E-state index is 0.0683. The van der Waals surface area contributed by atoms with Crippen LogP contribution in [0.4, 0.5) is 5.69 Å². The summed E-state index contributed by atoms with van der Waals surface area (Å²) in [6.07, 6.45) is 3.69. The van der Waals surface area contributed by atoms with Crippen molar-refractivity contribution in [1.29, 1.82) is 0 Å². The highest BCUT2D eigenvalue weighted by atomic mass is 16.1. The molecule has 3 rings (SSSR count). The third kappa shape index (κ3) is 3.53. The van der Waals surface area contributed by atoms with Gasteiger partial charge in [-0.3, -0.25) is 9.48 Å². The van der Waals surface area contributed by atoms with E-state index in [0.717, 1.165) is 17.1 Å². The second kappa shape index (κ2) is 6.70. The Balaban J connectivity index is 1.89. The van der Waals surface area contributed by atoms with Crippen LogP contribution in [-0.4, -0.2) is 25.3 Å². The molecule has 1 aromatic carbocycles. The van der Waals surface area contributed by atoms with Crippen LogP contribution in [0.1, 0.15) is 28.7 Å². The SMILES string of the molecule is CC(=O)c1ccc(N(Cn2cccn2)Cn2nc(C)cc2C)cc1. The summed E-state index contributed by atoms with van der Waals surface area (Å²) in [5.41, 5.74) is 3.84. The number of aromatic nitrogens is 4. The summed E-state index contributed by atoms with van der Waals surface area (Å²) < 4.78 is 3.84. The molecule has 0 saturated carbocycles. The summed E-state index contributed by atoms with van der Waals surface area (Å²) in [6.45, 7) is 6.82. The van der Waals surface area contributed by atoms with Crippen molar-refractivity contribution >= 4 is 11.5 Å². The maximum Gasteiger partial charge on any atom is 0.159 e. The Morgan fingerprint density at radius 1 is 1.17 bits per heavy atom. The number of Topliss-reactive ketones (excluding diaryl/α,β-unsaturated/α-hetero) is 1. The molecular formula is C18H21N5O. The van der Waals surface area contributed by atoms with Crippen molar-refractivity contribution < 1.29 is 4.79 Å². The fourth-order valence-corrected chi connectivity index (χ4v) is 2.65. The van der Waals surface area contributed by atoms with Crippen molar-refractivity contribution in [3.05, 3.63) is 65.7 Å². The van der Waals surface area contributed by atoms with E-state index in [1.165, 1.54) is 0 Å². The molecule has 0 aliphatic carbocycles. The maximum absolute atomic E-state index is 11.5. The first kappa shape index (κ1) is 16.0. The average Bonchev–Trinajstić information content (AvgIpc) is 3.16. The molecule has 6 nitrogen and oxygen atoms in total. The number of carbonyl (C=O) groups excluding carboxylic acids is 1. The van der Waals surface area contributed by atoms with E-state index in [9.17, 15) is 4.79 Å². The fourth-order valence-electron chi connectivity index (χ4n) is 2.65. The summed E-state index contributed by atoms with van der Waals surface area (Å²) >= 11 is 0. The van der Waals surface area contributed by atoms with Gasteiger partial charge in [0.25, 0.3) is 0 Å². The topological polar surface area (TPSA) is 56.0 Å². The predicted octanol–water partition coefficient (Wildman–Crippen LogP) is 3.02. The van der Waals surface area contributed by atoms with Crippen LogP contribution in [0.5, 0.6) is 0 Å². The van der Waals surface area contributed by atoms with Gasteiger partial charge >= 0.3 is 0 Å². The largest absolute Gasteiger partial charge is 0.332 e. The third-order valence-corrected chi connectivity index (χ3v) is 3.92. The van der Waals surface area contributed by atoms with E-state index < -0.39 is 0 Å². The molecule has 0 spiro atoms. The Bertz CT molecular complexity index is 818. The number of hydrogen-bond acceptors (Lipinski definition) is 4. The quantitative estimate of drug-likeness (QED) is 0.654. The number of aryl methyl sites for hydroxylation is 2. The first-order valence-electron chi connectivity index (χ1n) is 7.87. The summed E-state index contributed by atoms with van der Waals surface area (Å²) in [5, 5.41) is 8.83. The molecule has 2 heterocycles. The highest BCUT2D eigenvalue weighted by Crippen LogP contribution is 2.18. The first-order chi connectivity index (χ1) is 11.5. The summed E-state index contributed by atoms with van der Waals surface area (Å²) in [7, 11) is 0. The molecule has 0 atom stereocenters. The number of ketones is 1. The van der Waals surface area contributed by atoms with Crippen molar-refractivity contribution in [3.63, 3.8) is 0 Å². The van der Waals surface area contributed by atoms with E-state index in [2.05, 4.69) is 21.2 Å². The van der Waals surface area contributed by atoms with E-state index in [1.807, 2.05) is 59.7 Å². The number of carbonyl (C=O) groups is 1. The van der Waals surface area contributed by atoms with Crippen molar-refractivity contribution in [3.8, 4) is 0 Å². The molecule has 0 saturated heterocycles. The van der Waals surface area contributed by atoms with Gasteiger partial charge < -0.3 is 4.90 Å². The molecule has 24 heavy (non-hydrogen) atoms. The zero-order chi connectivity index (χ0) is 17.1. The van der Waals surface area contributed by atoms with Crippen LogP contribution >= 0.6 is 0 Å². The highest BCUT2D eigenvalue weighted by Gasteiger charge is 2.11. The Morgan fingerprint density at radius 2 is 1.92 bits per heavy atom. The van der Waals surface area contributed by atoms with Gasteiger partial charge in [-0.15, -0.1) is 0 Å². The van der Waals surface area contributed by atoms with Gasteiger partial charge in [-0.05, 0) is 57.2 Å². The molecule has 0 amide bonds. The van der Waals surface area contributed by atoms with Crippen LogP contribution in [0.2, 0.25) is 0 Å². The number of anilines is 1. The zero-order valence-electron chi connectivity index (χ0n) is 14.2.